The fourth-order valence-corrected chi connectivity index (χ4v) is 2.25. The Bertz CT molecular complexity index is 858. The number of aromatic amines is 1. The molecule has 0 unspecified atom stereocenters. The summed E-state index contributed by atoms with van der Waals surface area (Å²) < 4.78 is 4.69. The van der Waals surface area contributed by atoms with Crippen molar-refractivity contribution in [1.29, 1.82) is 5.26 Å². The van der Waals surface area contributed by atoms with Crippen molar-refractivity contribution in [2.24, 2.45) is 9.98 Å². The molecule has 22 heavy (non-hydrogen) atoms. The highest BCUT2D eigenvalue weighted by atomic mass is 16.5. The Kier molecular flexibility index (Phi) is 3.31. The number of nitrogens with zero attached hydrogens (tertiary/aromatic N) is 5. The maximum absolute atomic E-state index is 11.7. The molecule has 8 heteroatoms. The molecular weight excluding hydrogens is 284 g/mol. The van der Waals surface area contributed by atoms with Crippen molar-refractivity contribution in [3.05, 3.63) is 23.5 Å². The van der Waals surface area contributed by atoms with Crippen molar-refractivity contribution in [2.75, 3.05) is 13.7 Å². The maximum atomic E-state index is 11.7. The monoisotopic (exact) mass is 296 g/mol. The number of fused-ring (bicyclic) bond motifs is 1. The van der Waals surface area contributed by atoms with Gasteiger partial charge in [-0.25, -0.2) is 24.7 Å². The molecule has 0 saturated heterocycles. The highest BCUT2D eigenvalue weighted by molar-refractivity contribution is 6.05. The van der Waals surface area contributed by atoms with E-state index in [2.05, 4.69) is 26.0 Å². The van der Waals surface area contributed by atoms with Gasteiger partial charge in [-0.2, -0.15) is 5.26 Å². The maximum Gasteiger partial charge on any atom is 0.416 e. The second-order valence-corrected chi connectivity index (χ2v) is 4.61. The number of hydrogen-bond acceptors (Lipinski definition) is 5. The number of methoxy groups -OCH3 is 1. The third-order valence-corrected chi connectivity index (χ3v) is 3.38. The topological polar surface area (TPSA) is 107 Å². The van der Waals surface area contributed by atoms with Gasteiger partial charge in [0.1, 0.15) is 6.07 Å². The highest BCUT2D eigenvalue weighted by Gasteiger charge is 2.23. The number of nitriles is 1. The SMILES string of the molecule is COC(=O)N1CC=NC1=Nc1cc(C#N)c2[nH]cnc2c1C. The van der Waals surface area contributed by atoms with Crippen LogP contribution in [0.15, 0.2) is 22.4 Å². The molecular formula is C14H12N6O2. The van der Waals surface area contributed by atoms with Crippen LogP contribution in [0.1, 0.15) is 11.1 Å². The predicted molar refractivity (Wildman–Crippen MR) is 80.2 cm³/mol. The van der Waals surface area contributed by atoms with Gasteiger partial charge in [0.05, 0.1) is 42.3 Å². The van der Waals surface area contributed by atoms with Gasteiger partial charge in [0.25, 0.3) is 0 Å². The van der Waals surface area contributed by atoms with E-state index in [-0.39, 0.29) is 5.96 Å². The zero-order chi connectivity index (χ0) is 15.7. The molecule has 1 aromatic carbocycles. The number of aliphatic imine (C=N–C) groups is 2. The number of carbonyl (C=O) groups excluding carboxylic acids is 1. The van der Waals surface area contributed by atoms with Gasteiger partial charge in [0.2, 0.25) is 5.96 Å². The Morgan fingerprint density at radius 3 is 3.14 bits per heavy atom. The van der Waals surface area contributed by atoms with Crippen molar-refractivity contribution < 1.29 is 9.53 Å². The van der Waals surface area contributed by atoms with Crippen LogP contribution in [0, 0.1) is 18.3 Å². The summed E-state index contributed by atoms with van der Waals surface area (Å²) >= 11 is 0. The van der Waals surface area contributed by atoms with E-state index in [0.717, 1.165) is 5.56 Å². The summed E-state index contributed by atoms with van der Waals surface area (Å²) in [5, 5.41) is 9.25. The number of imidazole rings is 1. The fraction of sp³-hybridized carbons (Fsp3) is 0.214. The summed E-state index contributed by atoms with van der Waals surface area (Å²) in [6.07, 6.45) is 2.57. The molecule has 8 nitrogen and oxygen atoms in total. The van der Waals surface area contributed by atoms with Crippen LogP contribution in [-0.2, 0) is 4.74 Å². The second-order valence-electron chi connectivity index (χ2n) is 4.61. The van der Waals surface area contributed by atoms with Gasteiger partial charge in [-0.15, -0.1) is 0 Å². The number of ether oxygens (including phenoxy) is 1. The number of guanidine groups is 1. The molecule has 110 valence electrons. The molecule has 1 aromatic heterocycles. The third-order valence-electron chi connectivity index (χ3n) is 3.38. The lowest BCUT2D eigenvalue weighted by atomic mass is 10.1. The molecule has 0 bridgehead atoms. The molecule has 1 aliphatic heterocycles. The summed E-state index contributed by atoms with van der Waals surface area (Å²) in [5.74, 6) is 0.230. The molecule has 2 aromatic rings. The van der Waals surface area contributed by atoms with Crippen molar-refractivity contribution >= 4 is 35.0 Å². The number of benzene rings is 1. The Balaban J connectivity index is 2.13. The number of hydrogen-bond donors (Lipinski definition) is 1. The van der Waals surface area contributed by atoms with Crippen molar-refractivity contribution in [3.8, 4) is 6.07 Å². The van der Waals surface area contributed by atoms with Crippen LogP contribution < -0.4 is 0 Å². The van der Waals surface area contributed by atoms with E-state index in [1.165, 1.54) is 18.3 Å². The first-order valence-corrected chi connectivity index (χ1v) is 6.49. The smallest absolute Gasteiger partial charge is 0.416 e. The predicted octanol–water partition coefficient (Wildman–Crippen LogP) is 1.88. The van der Waals surface area contributed by atoms with Crippen LogP contribution in [0.4, 0.5) is 10.5 Å². The molecule has 1 amide bonds. The number of aryl methyl sites for hydroxylation is 1. The molecule has 2 heterocycles. The summed E-state index contributed by atoms with van der Waals surface area (Å²) in [4.78, 5) is 28.6. The highest BCUT2D eigenvalue weighted by Crippen LogP contribution is 2.29. The van der Waals surface area contributed by atoms with Crippen molar-refractivity contribution in [3.63, 3.8) is 0 Å². The van der Waals surface area contributed by atoms with Crippen molar-refractivity contribution in [1.82, 2.24) is 14.9 Å². The zero-order valence-corrected chi connectivity index (χ0v) is 12.0. The lowest BCUT2D eigenvalue weighted by molar-refractivity contribution is 0.150. The Hall–Kier alpha value is -3.21. The van der Waals surface area contributed by atoms with E-state index in [1.54, 1.807) is 12.3 Å². The van der Waals surface area contributed by atoms with Gasteiger partial charge in [0, 0.05) is 11.8 Å². The first-order chi connectivity index (χ1) is 10.7. The average molecular weight is 296 g/mol. The quantitative estimate of drug-likeness (QED) is 0.866. The molecule has 3 rings (SSSR count). The molecule has 0 radical (unpaired) electrons. The van der Waals surface area contributed by atoms with Crippen LogP contribution in [0.5, 0.6) is 0 Å². The Morgan fingerprint density at radius 1 is 1.59 bits per heavy atom. The number of H-pyrrole nitrogens is 1. The summed E-state index contributed by atoms with van der Waals surface area (Å²) in [7, 11) is 1.30. The first-order valence-electron chi connectivity index (χ1n) is 6.49. The van der Waals surface area contributed by atoms with Crippen LogP contribution in [0.3, 0.4) is 0 Å². The van der Waals surface area contributed by atoms with Gasteiger partial charge in [0.15, 0.2) is 0 Å². The van der Waals surface area contributed by atoms with E-state index < -0.39 is 6.09 Å². The molecule has 1 aliphatic rings. The zero-order valence-electron chi connectivity index (χ0n) is 12.0. The van der Waals surface area contributed by atoms with E-state index in [9.17, 15) is 10.1 Å². The van der Waals surface area contributed by atoms with Crippen molar-refractivity contribution in [2.45, 2.75) is 6.92 Å². The largest absolute Gasteiger partial charge is 0.452 e. The normalized spacial score (nSPS) is 15.5. The number of aromatic nitrogens is 2. The van der Waals surface area contributed by atoms with Crippen LogP contribution in [0.25, 0.3) is 11.0 Å². The second kappa shape index (κ2) is 5.29. The van der Waals surface area contributed by atoms with Gasteiger partial charge in [-0.05, 0) is 13.0 Å². The van der Waals surface area contributed by atoms with Gasteiger partial charge >= 0.3 is 6.09 Å². The lowest BCUT2D eigenvalue weighted by Crippen LogP contribution is -2.32. The van der Waals surface area contributed by atoms with E-state index in [4.69, 9.17) is 4.74 Å². The average Bonchev–Trinajstić information content (AvgIpc) is 3.18. The molecule has 1 N–H and O–H groups in total. The minimum Gasteiger partial charge on any atom is -0.452 e. The number of nitrogens with one attached hydrogen (secondary N) is 1. The molecule has 0 aliphatic carbocycles. The van der Waals surface area contributed by atoms with Gasteiger partial charge in [-0.3, -0.25) is 0 Å². The number of amides is 1. The Morgan fingerprint density at radius 2 is 2.41 bits per heavy atom. The van der Waals surface area contributed by atoms with Crippen LogP contribution >= 0.6 is 0 Å². The first kappa shape index (κ1) is 13.8. The minimum absolute atomic E-state index is 0.230. The van der Waals surface area contributed by atoms with Crippen LogP contribution in [0.2, 0.25) is 0 Å². The lowest BCUT2D eigenvalue weighted by Gasteiger charge is -2.13. The van der Waals surface area contributed by atoms with Crippen LogP contribution in [-0.4, -0.2) is 46.8 Å². The third kappa shape index (κ3) is 2.09. The van der Waals surface area contributed by atoms with Gasteiger partial charge in [-0.1, -0.05) is 0 Å². The Labute approximate surface area is 125 Å². The summed E-state index contributed by atoms with van der Waals surface area (Å²) in [6.45, 7) is 2.16. The van der Waals surface area contributed by atoms with E-state index >= 15 is 0 Å². The van der Waals surface area contributed by atoms with Gasteiger partial charge < -0.3 is 9.72 Å². The fourth-order valence-electron chi connectivity index (χ4n) is 2.25. The number of carbonyl (C=O) groups is 1. The summed E-state index contributed by atoms with van der Waals surface area (Å²) in [5.41, 5.74) is 3.12. The number of rotatable bonds is 1. The molecule has 0 spiro atoms. The minimum atomic E-state index is -0.532. The van der Waals surface area contributed by atoms with E-state index in [1.807, 2.05) is 6.92 Å². The molecule has 0 atom stereocenters. The standard InChI is InChI=1S/C14H12N6O2/c1-8-10(5-9(6-15)12-11(8)17-7-18-12)19-13-16-3-4-20(13)14(21)22-2/h3,5,7H,4H2,1-2H3,(H,17,18). The molecule has 0 saturated carbocycles. The van der Waals surface area contributed by atoms with E-state index in [0.29, 0.717) is 28.8 Å². The summed E-state index contributed by atoms with van der Waals surface area (Å²) in [6, 6.07) is 3.75. The molecule has 0 fully saturated rings.